The van der Waals surface area contributed by atoms with Crippen LogP contribution in [0.2, 0.25) is 0 Å². The Labute approximate surface area is 150 Å². The third-order valence-corrected chi connectivity index (χ3v) is 3.99. The highest BCUT2D eigenvalue weighted by Gasteiger charge is 2.11. The van der Waals surface area contributed by atoms with Crippen LogP contribution in [-0.2, 0) is 6.61 Å². The van der Waals surface area contributed by atoms with Crippen LogP contribution in [-0.4, -0.2) is 19.1 Å². The van der Waals surface area contributed by atoms with E-state index in [0.717, 1.165) is 17.0 Å². The van der Waals surface area contributed by atoms with Gasteiger partial charge in [0.25, 0.3) is 0 Å². The van der Waals surface area contributed by atoms with E-state index in [-0.39, 0.29) is 12.1 Å². The number of hydrogen-bond acceptors (Lipinski definition) is 2. The normalized spacial score (nSPS) is 10.8. The lowest BCUT2D eigenvalue weighted by molar-refractivity contribution is 0.245. The number of urea groups is 1. The van der Waals surface area contributed by atoms with Crippen LogP contribution >= 0.6 is 0 Å². The van der Waals surface area contributed by atoms with Crippen LogP contribution in [0.3, 0.4) is 0 Å². The van der Waals surface area contributed by atoms with Crippen LogP contribution in [0.1, 0.15) is 44.7 Å². The molecule has 0 radical (unpaired) electrons. The van der Waals surface area contributed by atoms with Crippen LogP contribution in [0, 0.1) is 0 Å². The first-order valence-electron chi connectivity index (χ1n) is 8.72. The Morgan fingerprint density at radius 2 is 1.60 bits per heavy atom. The van der Waals surface area contributed by atoms with Gasteiger partial charge in [-0.15, -0.1) is 0 Å². The summed E-state index contributed by atoms with van der Waals surface area (Å²) in [6.45, 7) is 8.78. The largest absolute Gasteiger partial charge is 0.489 e. The third kappa shape index (κ3) is 5.52. The van der Waals surface area contributed by atoms with Crippen molar-refractivity contribution in [2.45, 2.75) is 46.3 Å². The number of benzene rings is 2. The highest BCUT2D eigenvalue weighted by molar-refractivity contribution is 5.91. The van der Waals surface area contributed by atoms with Crippen molar-refractivity contribution in [3.8, 4) is 5.75 Å². The van der Waals surface area contributed by atoms with E-state index >= 15 is 0 Å². The van der Waals surface area contributed by atoms with Gasteiger partial charge < -0.3 is 10.1 Å². The van der Waals surface area contributed by atoms with E-state index in [9.17, 15) is 4.79 Å². The van der Waals surface area contributed by atoms with Gasteiger partial charge in [0.2, 0.25) is 0 Å². The Balaban J connectivity index is 1.92. The van der Waals surface area contributed by atoms with Gasteiger partial charge in [-0.3, -0.25) is 4.90 Å². The summed E-state index contributed by atoms with van der Waals surface area (Å²) in [4.78, 5) is 13.6. The lowest BCUT2D eigenvalue weighted by Gasteiger charge is -2.20. The van der Waals surface area contributed by atoms with Gasteiger partial charge >= 0.3 is 6.03 Å². The number of rotatable bonds is 6. The molecule has 1 N–H and O–H groups in total. The highest BCUT2D eigenvalue weighted by atomic mass is 16.5. The van der Waals surface area contributed by atoms with Crippen molar-refractivity contribution in [2.24, 2.45) is 0 Å². The standard InChI is InChI=1S/C21H28N2O2/c1-15(2)18-8-6-17(7-9-18)14-25-20-12-10-19(11-13-20)23(5)21(24)22-16(3)4/h6-13,15-16H,14H2,1-5H3,(H,22,24). The minimum absolute atomic E-state index is 0.111. The van der Waals surface area contributed by atoms with Crippen LogP contribution in [0.25, 0.3) is 0 Å². The number of carbonyl (C=O) groups excluding carboxylic acids is 1. The quantitative estimate of drug-likeness (QED) is 0.809. The maximum atomic E-state index is 12.0. The van der Waals surface area contributed by atoms with Gasteiger partial charge in [-0.25, -0.2) is 4.79 Å². The van der Waals surface area contributed by atoms with Crippen molar-refractivity contribution in [3.63, 3.8) is 0 Å². The van der Waals surface area contributed by atoms with Gasteiger partial charge in [0.15, 0.2) is 0 Å². The van der Waals surface area contributed by atoms with Gasteiger partial charge in [-0.1, -0.05) is 38.1 Å². The molecule has 0 saturated carbocycles. The van der Waals surface area contributed by atoms with Gasteiger partial charge in [0.1, 0.15) is 12.4 Å². The maximum absolute atomic E-state index is 12.0. The van der Waals surface area contributed by atoms with Crippen molar-refractivity contribution >= 4 is 11.7 Å². The molecular weight excluding hydrogens is 312 g/mol. The van der Waals surface area contributed by atoms with Gasteiger partial charge in [-0.2, -0.15) is 0 Å². The summed E-state index contributed by atoms with van der Waals surface area (Å²) in [6, 6.07) is 16.0. The molecule has 2 aromatic rings. The monoisotopic (exact) mass is 340 g/mol. The first-order valence-corrected chi connectivity index (χ1v) is 8.72. The molecule has 0 aliphatic carbocycles. The van der Waals surface area contributed by atoms with E-state index in [1.807, 2.05) is 38.1 Å². The summed E-state index contributed by atoms with van der Waals surface area (Å²) < 4.78 is 5.83. The maximum Gasteiger partial charge on any atom is 0.321 e. The average molecular weight is 340 g/mol. The second-order valence-electron chi connectivity index (χ2n) is 6.84. The number of hydrogen-bond donors (Lipinski definition) is 1. The van der Waals surface area contributed by atoms with E-state index in [1.165, 1.54) is 5.56 Å². The summed E-state index contributed by atoms with van der Waals surface area (Å²) in [5.41, 5.74) is 3.30. The minimum Gasteiger partial charge on any atom is -0.489 e. The molecule has 25 heavy (non-hydrogen) atoms. The molecule has 0 heterocycles. The number of carbonyl (C=O) groups is 1. The molecule has 4 heteroatoms. The lowest BCUT2D eigenvalue weighted by atomic mass is 10.0. The Bertz CT molecular complexity index is 676. The van der Waals surface area contributed by atoms with Crippen molar-refractivity contribution in [3.05, 3.63) is 59.7 Å². The summed E-state index contributed by atoms with van der Waals surface area (Å²) in [5, 5.41) is 2.87. The number of amides is 2. The van der Waals surface area contributed by atoms with Crippen molar-refractivity contribution in [2.75, 3.05) is 11.9 Å². The van der Waals surface area contributed by atoms with Gasteiger partial charge in [0.05, 0.1) is 0 Å². The van der Waals surface area contributed by atoms with Crippen LogP contribution in [0.15, 0.2) is 48.5 Å². The van der Waals surface area contributed by atoms with Gasteiger partial charge in [0, 0.05) is 18.8 Å². The molecule has 4 nitrogen and oxygen atoms in total. The van der Waals surface area contributed by atoms with E-state index in [1.54, 1.807) is 11.9 Å². The smallest absolute Gasteiger partial charge is 0.321 e. The van der Waals surface area contributed by atoms with Crippen molar-refractivity contribution in [1.29, 1.82) is 0 Å². The molecule has 2 amide bonds. The Morgan fingerprint density at radius 1 is 1.00 bits per heavy atom. The number of anilines is 1. The topological polar surface area (TPSA) is 41.6 Å². The molecule has 0 bridgehead atoms. The molecule has 2 rings (SSSR count). The Morgan fingerprint density at radius 3 is 2.12 bits per heavy atom. The molecule has 0 aliphatic heterocycles. The molecule has 0 unspecified atom stereocenters. The van der Waals surface area contributed by atoms with E-state index in [2.05, 4.69) is 43.4 Å². The van der Waals surface area contributed by atoms with E-state index in [4.69, 9.17) is 4.74 Å². The molecular formula is C21H28N2O2. The van der Waals surface area contributed by atoms with Crippen LogP contribution < -0.4 is 15.0 Å². The molecule has 134 valence electrons. The predicted molar refractivity (Wildman–Crippen MR) is 103 cm³/mol. The molecule has 0 fully saturated rings. The summed E-state index contributed by atoms with van der Waals surface area (Å²) >= 11 is 0. The first-order chi connectivity index (χ1) is 11.9. The Kier molecular flexibility index (Phi) is 6.45. The molecule has 0 aliphatic rings. The number of ether oxygens (including phenoxy) is 1. The lowest BCUT2D eigenvalue weighted by Crippen LogP contribution is -2.40. The summed E-state index contributed by atoms with van der Waals surface area (Å²) in [7, 11) is 1.75. The zero-order valence-electron chi connectivity index (χ0n) is 15.7. The van der Waals surface area contributed by atoms with Crippen molar-refractivity contribution < 1.29 is 9.53 Å². The zero-order valence-corrected chi connectivity index (χ0v) is 15.7. The molecule has 0 spiro atoms. The second kappa shape index (κ2) is 8.56. The summed E-state index contributed by atoms with van der Waals surface area (Å²) in [5.74, 6) is 1.32. The average Bonchev–Trinajstić information content (AvgIpc) is 2.59. The van der Waals surface area contributed by atoms with E-state index < -0.39 is 0 Å². The molecule has 0 atom stereocenters. The van der Waals surface area contributed by atoms with Crippen LogP contribution in [0.4, 0.5) is 10.5 Å². The third-order valence-electron chi connectivity index (χ3n) is 3.99. The first kappa shape index (κ1) is 18.8. The van der Waals surface area contributed by atoms with E-state index in [0.29, 0.717) is 12.5 Å². The number of nitrogens with zero attached hydrogens (tertiary/aromatic N) is 1. The molecule has 2 aromatic carbocycles. The fourth-order valence-corrected chi connectivity index (χ4v) is 2.39. The Hall–Kier alpha value is -2.49. The van der Waals surface area contributed by atoms with Gasteiger partial charge in [-0.05, 0) is 55.2 Å². The SMILES string of the molecule is CC(C)NC(=O)N(C)c1ccc(OCc2ccc(C(C)C)cc2)cc1. The number of nitrogens with one attached hydrogen (secondary N) is 1. The fourth-order valence-electron chi connectivity index (χ4n) is 2.39. The summed E-state index contributed by atoms with van der Waals surface area (Å²) in [6.07, 6.45) is 0. The van der Waals surface area contributed by atoms with Crippen molar-refractivity contribution in [1.82, 2.24) is 5.32 Å². The fraction of sp³-hybridized carbons (Fsp3) is 0.381. The van der Waals surface area contributed by atoms with Crippen LogP contribution in [0.5, 0.6) is 5.75 Å². The zero-order chi connectivity index (χ0) is 18.4. The molecule has 0 aromatic heterocycles. The predicted octanol–water partition coefficient (Wildman–Crippen LogP) is 4.94. The minimum atomic E-state index is -0.117. The second-order valence-corrected chi connectivity index (χ2v) is 6.84. The molecule has 0 saturated heterocycles. The highest BCUT2D eigenvalue weighted by Crippen LogP contribution is 2.20.